The van der Waals surface area contributed by atoms with Gasteiger partial charge in [-0.3, -0.25) is 14.2 Å². The summed E-state index contributed by atoms with van der Waals surface area (Å²) >= 11 is 0. The van der Waals surface area contributed by atoms with Gasteiger partial charge in [-0.25, -0.2) is 34.4 Å². The second-order valence-electron chi connectivity index (χ2n) is 7.81. The smallest absolute Gasteiger partial charge is 0.261 e. The van der Waals surface area contributed by atoms with Crippen molar-refractivity contribution < 1.29 is 39.2 Å². The molecular weight excluding hydrogens is 576 g/mol. The molecule has 0 atom stereocenters. The lowest BCUT2D eigenvalue weighted by Crippen LogP contribution is -2.19. The Bertz CT molecular complexity index is 1760. The van der Waals surface area contributed by atoms with Gasteiger partial charge in [0.15, 0.2) is 11.6 Å². The summed E-state index contributed by atoms with van der Waals surface area (Å²) in [7, 11) is -7.99. The molecule has 6 N–H and O–H groups in total. The van der Waals surface area contributed by atoms with Crippen molar-refractivity contribution in [1.82, 2.24) is 0 Å². The monoisotopic (exact) mass is 596 g/mol. The van der Waals surface area contributed by atoms with Crippen molar-refractivity contribution in [2.24, 2.45) is 5.73 Å². The van der Waals surface area contributed by atoms with Crippen molar-refractivity contribution in [3.8, 4) is 0 Å². The first-order valence-electron chi connectivity index (χ1n) is 10.9. The molecule has 1 amide bonds. The Labute approximate surface area is 226 Å². The lowest BCUT2D eigenvalue weighted by molar-refractivity contribution is 0.0992. The van der Waals surface area contributed by atoms with Crippen LogP contribution in [-0.2, 0) is 20.0 Å². The van der Waals surface area contributed by atoms with E-state index in [4.69, 9.17) is 11.5 Å². The van der Waals surface area contributed by atoms with Crippen LogP contribution in [0.5, 0.6) is 0 Å². The van der Waals surface area contributed by atoms with E-state index in [1.54, 1.807) is 12.1 Å². The molecule has 0 radical (unpaired) electrons. The van der Waals surface area contributed by atoms with Crippen LogP contribution in [0.25, 0.3) is 0 Å². The number of benzene rings is 4. The minimum absolute atomic E-state index is 0.0303. The molecular formula is C25H20F4N4O5S2. The molecule has 15 heteroatoms. The van der Waals surface area contributed by atoms with Gasteiger partial charge in [-0.15, -0.1) is 0 Å². The van der Waals surface area contributed by atoms with Gasteiger partial charge in [0.2, 0.25) is 0 Å². The predicted octanol–water partition coefficient (Wildman–Crippen LogP) is 4.21. The molecule has 4 aromatic carbocycles. The van der Waals surface area contributed by atoms with Crippen molar-refractivity contribution in [3.63, 3.8) is 0 Å². The lowest BCUT2D eigenvalue weighted by Gasteiger charge is -2.10. The molecule has 0 saturated carbocycles. The number of nitrogen functional groups attached to an aromatic ring is 1. The van der Waals surface area contributed by atoms with Gasteiger partial charge >= 0.3 is 0 Å². The van der Waals surface area contributed by atoms with Crippen LogP contribution in [0.4, 0.5) is 34.6 Å². The molecule has 9 nitrogen and oxygen atoms in total. The summed E-state index contributed by atoms with van der Waals surface area (Å²) in [5.74, 6) is -5.94. The van der Waals surface area contributed by atoms with Gasteiger partial charge < -0.3 is 11.5 Å². The van der Waals surface area contributed by atoms with Crippen molar-refractivity contribution in [2.75, 3.05) is 15.2 Å². The van der Waals surface area contributed by atoms with Crippen LogP contribution < -0.4 is 20.9 Å². The van der Waals surface area contributed by atoms with Gasteiger partial charge in [-0.1, -0.05) is 36.4 Å². The third-order valence-electron chi connectivity index (χ3n) is 5.06. The summed E-state index contributed by atoms with van der Waals surface area (Å²) < 4.78 is 106. The van der Waals surface area contributed by atoms with E-state index in [2.05, 4.69) is 0 Å². The maximum absolute atomic E-state index is 14.0. The fourth-order valence-electron chi connectivity index (χ4n) is 3.11. The molecule has 0 aliphatic heterocycles. The minimum Gasteiger partial charge on any atom is -0.394 e. The number of hydrogen-bond donors (Lipinski definition) is 4. The van der Waals surface area contributed by atoms with E-state index >= 15 is 0 Å². The molecule has 0 aromatic heterocycles. The second kappa shape index (κ2) is 12.0. The van der Waals surface area contributed by atoms with Crippen LogP contribution in [0.2, 0.25) is 0 Å². The number of amides is 1. The zero-order chi connectivity index (χ0) is 29.7. The summed E-state index contributed by atoms with van der Waals surface area (Å²) in [4.78, 5) is 10.9. The predicted molar refractivity (Wildman–Crippen MR) is 140 cm³/mol. The van der Waals surface area contributed by atoms with E-state index in [-0.39, 0.29) is 9.79 Å². The number of halogens is 4. The Morgan fingerprint density at radius 2 is 1.00 bits per heavy atom. The number of carbonyl (C=O) groups is 1. The zero-order valence-corrected chi connectivity index (χ0v) is 21.7. The molecule has 210 valence electrons. The van der Waals surface area contributed by atoms with Gasteiger partial charge in [0, 0.05) is 0 Å². The summed E-state index contributed by atoms with van der Waals surface area (Å²) in [6.45, 7) is 0. The van der Waals surface area contributed by atoms with Crippen LogP contribution in [-0.4, -0.2) is 22.7 Å². The maximum atomic E-state index is 14.0. The molecule has 0 saturated heterocycles. The minimum atomic E-state index is -4.06. The molecule has 40 heavy (non-hydrogen) atoms. The highest BCUT2D eigenvalue weighted by molar-refractivity contribution is 7.93. The van der Waals surface area contributed by atoms with Gasteiger partial charge in [0.25, 0.3) is 26.0 Å². The largest absolute Gasteiger partial charge is 0.394 e. The average molecular weight is 597 g/mol. The van der Waals surface area contributed by atoms with E-state index in [1.165, 1.54) is 48.5 Å². The van der Waals surface area contributed by atoms with Gasteiger partial charge in [-0.05, 0) is 48.5 Å². The zero-order valence-electron chi connectivity index (χ0n) is 20.1. The Morgan fingerprint density at radius 1 is 0.600 bits per heavy atom. The highest BCUT2D eigenvalue weighted by Crippen LogP contribution is 2.26. The second-order valence-corrected chi connectivity index (χ2v) is 11.2. The fraction of sp³-hybridized carbons (Fsp3) is 0. The Morgan fingerprint density at radius 3 is 1.43 bits per heavy atom. The van der Waals surface area contributed by atoms with E-state index < -0.39 is 71.8 Å². The highest BCUT2D eigenvalue weighted by Gasteiger charge is 2.22. The van der Waals surface area contributed by atoms with Crippen LogP contribution in [0.15, 0.2) is 94.7 Å². The number of nitrogens with two attached hydrogens (primary N) is 2. The van der Waals surface area contributed by atoms with Crippen molar-refractivity contribution in [1.29, 1.82) is 0 Å². The average Bonchev–Trinajstić information content (AvgIpc) is 2.92. The number of nitrogens with one attached hydrogen (secondary N) is 2. The van der Waals surface area contributed by atoms with Crippen LogP contribution >= 0.6 is 0 Å². The third-order valence-corrected chi connectivity index (χ3v) is 7.82. The van der Waals surface area contributed by atoms with Crippen LogP contribution in [0.3, 0.4) is 0 Å². The molecule has 0 fully saturated rings. The topological polar surface area (TPSA) is 161 Å². The molecule has 0 bridgehead atoms. The SMILES string of the molecule is NC(=O)c1c(F)ccc(NS(=O)(=O)c2ccccc2)c1F.Nc1c(F)ccc(NS(=O)(=O)c2ccccc2)c1F. The van der Waals surface area contributed by atoms with E-state index in [0.717, 1.165) is 24.3 Å². The Balaban J connectivity index is 0.000000222. The first kappa shape index (κ1) is 29.9. The molecule has 4 aromatic rings. The standard InChI is InChI=1S/C13H10F2N2O3S.C12H10F2N2O2S/c14-9-6-7-10(12(15)11(9)13(16)18)17-21(19,20)8-4-2-1-3-5-8;13-9-6-7-10(11(14)12(9)15)16-19(17,18)8-4-2-1-3-5-8/h1-7,17H,(H2,16,18);1-7,16H,15H2. The summed E-state index contributed by atoms with van der Waals surface area (Å²) in [6.07, 6.45) is 0. The Kier molecular flexibility index (Phi) is 9.01. The number of carbonyl (C=O) groups excluding carboxylic acids is 1. The first-order valence-corrected chi connectivity index (χ1v) is 13.9. The van der Waals surface area contributed by atoms with Crippen LogP contribution in [0, 0.1) is 23.3 Å². The molecule has 0 aliphatic carbocycles. The molecule has 0 heterocycles. The molecule has 0 spiro atoms. The quantitative estimate of drug-likeness (QED) is 0.185. The van der Waals surface area contributed by atoms with Crippen molar-refractivity contribution in [3.05, 3.63) is 114 Å². The number of anilines is 3. The Hall–Kier alpha value is -4.63. The van der Waals surface area contributed by atoms with Crippen molar-refractivity contribution in [2.45, 2.75) is 9.79 Å². The maximum Gasteiger partial charge on any atom is 0.261 e. The number of sulfonamides is 2. The highest BCUT2D eigenvalue weighted by atomic mass is 32.2. The first-order chi connectivity index (χ1) is 18.7. The molecule has 0 aliphatic rings. The molecule has 0 unspecified atom stereocenters. The van der Waals surface area contributed by atoms with E-state index in [0.29, 0.717) is 0 Å². The summed E-state index contributed by atoms with van der Waals surface area (Å²) in [5, 5.41) is 0. The van der Waals surface area contributed by atoms with Gasteiger partial charge in [0.1, 0.15) is 22.9 Å². The van der Waals surface area contributed by atoms with Crippen molar-refractivity contribution >= 4 is 43.0 Å². The van der Waals surface area contributed by atoms with Gasteiger partial charge in [-0.2, -0.15) is 0 Å². The number of primary amides is 1. The fourth-order valence-corrected chi connectivity index (χ4v) is 5.27. The van der Waals surface area contributed by atoms with Gasteiger partial charge in [0.05, 0.1) is 21.2 Å². The van der Waals surface area contributed by atoms with E-state index in [1.807, 2.05) is 9.44 Å². The summed E-state index contributed by atoms with van der Waals surface area (Å²) in [6, 6.07) is 18.1. The third kappa shape index (κ3) is 6.86. The molecule has 4 rings (SSSR count). The lowest BCUT2D eigenvalue weighted by atomic mass is 10.1. The number of hydrogen-bond acceptors (Lipinski definition) is 6. The normalized spacial score (nSPS) is 11.2. The van der Waals surface area contributed by atoms with Crippen LogP contribution in [0.1, 0.15) is 10.4 Å². The summed E-state index contributed by atoms with van der Waals surface area (Å²) in [5.41, 5.74) is 7.33. The van der Waals surface area contributed by atoms with E-state index in [9.17, 15) is 39.2 Å². The number of rotatable bonds is 7.